The van der Waals surface area contributed by atoms with Gasteiger partial charge >= 0.3 is 0 Å². The highest BCUT2D eigenvalue weighted by Crippen LogP contribution is 2.48. The minimum absolute atomic E-state index is 0.00634. The molecule has 0 aliphatic carbocycles. The fraction of sp³-hybridized carbons (Fsp3) is 0.186. The summed E-state index contributed by atoms with van der Waals surface area (Å²) in [5.74, 6) is 1.25. The van der Waals surface area contributed by atoms with E-state index in [1.165, 1.54) is 48.5 Å². The number of anilines is 8. The van der Waals surface area contributed by atoms with Crippen molar-refractivity contribution >= 4 is 261 Å². The molecule has 0 bridgehead atoms. The summed E-state index contributed by atoms with van der Waals surface area (Å²) in [7, 11) is 3.52. The van der Waals surface area contributed by atoms with Crippen LogP contribution in [-0.4, -0.2) is 83.6 Å². The van der Waals surface area contributed by atoms with Crippen LogP contribution in [0.1, 0.15) is 44.5 Å². The van der Waals surface area contributed by atoms with Crippen molar-refractivity contribution in [2.45, 2.75) is 39.5 Å². The molecular formula is C59H44Br4Cl13F4N15. The molecule has 0 saturated heterocycles. The summed E-state index contributed by atoms with van der Waals surface area (Å²) in [6.45, 7) is 17.2. The van der Waals surface area contributed by atoms with E-state index in [9.17, 15) is 17.6 Å². The second-order valence-electron chi connectivity index (χ2n) is 20.1. The Kier molecular flexibility index (Phi) is 30.4. The molecule has 0 saturated carbocycles. The van der Waals surface area contributed by atoms with E-state index in [1.807, 2.05) is 18.7 Å². The second-order valence-corrected chi connectivity index (χ2v) is 28.1. The molecule has 95 heavy (non-hydrogen) atoms. The molecule has 1 aliphatic heterocycles. The summed E-state index contributed by atoms with van der Waals surface area (Å²) < 4.78 is 55.0. The lowest BCUT2D eigenvalue weighted by Crippen LogP contribution is -2.25. The number of aromatic nitrogens is 10. The lowest BCUT2D eigenvalue weighted by Gasteiger charge is -2.26. The van der Waals surface area contributed by atoms with Gasteiger partial charge in [-0.1, -0.05) is 137 Å². The molecule has 0 radical (unpaired) electrons. The van der Waals surface area contributed by atoms with Gasteiger partial charge < -0.3 is 25.3 Å². The molecule has 10 rings (SSSR count). The van der Waals surface area contributed by atoms with E-state index >= 15 is 0 Å². The molecule has 5 aromatic heterocycles. The molecule has 9 aromatic rings. The lowest BCUT2D eigenvalue weighted by atomic mass is 9.88. The predicted octanol–water partition coefficient (Wildman–Crippen LogP) is 24.0. The van der Waals surface area contributed by atoms with Gasteiger partial charge in [-0.05, 0) is 208 Å². The van der Waals surface area contributed by atoms with E-state index in [4.69, 9.17) is 151 Å². The second kappa shape index (κ2) is 36.0. The van der Waals surface area contributed by atoms with E-state index in [0.29, 0.717) is 106 Å². The van der Waals surface area contributed by atoms with Crippen molar-refractivity contribution < 1.29 is 17.6 Å². The highest BCUT2D eigenvalue weighted by molar-refractivity contribution is 9.11. The van der Waals surface area contributed by atoms with Gasteiger partial charge in [-0.15, -0.1) is 0 Å². The largest absolute Gasteiger partial charge is 0.373 e. The number of halogens is 21. The maximum Gasteiger partial charge on any atom is 0.226 e. The highest BCUT2D eigenvalue weighted by Gasteiger charge is 2.41. The van der Waals surface area contributed by atoms with E-state index < -0.39 is 11.6 Å². The van der Waals surface area contributed by atoms with Crippen LogP contribution >= 0.6 is 215 Å². The number of nitrogens with zero attached hydrogens (tertiary/aromatic N) is 13. The molecule has 6 heterocycles. The van der Waals surface area contributed by atoms with Crippen molar-refractivity contribution in [3.63, 3.8) is 0 Å². The lowest BCUT2D eigenvalue weighted by molar-refractivity contribution is 0.569. The minimum atomic E-state index is -0.429. The van der Waals surface area contributed by atoms with E-state index in [1.54, 1.807) is 48.2 Å². The average molecular weight is 1820 g/mol. The first kappa shape index (κ1) is 80.1. The first-order valence-corrected chi connectivity index (χ1v) is 34.5. The number of fused-ring (bicyclic) bond motifs is 1. The van der Waals surface area contributed by atoms with Crippen molar-refractivity contribution in [2.24, 2.45) is 0 Å². The molecule has 502 valence electrons. The molecule has 0 atom stereocenters. The van der Waals surface area contributed by atoms with E-state index in [-0.39, 0.29) is 74.1 Å². The van der Waals surface area contributed by atoms with Gasteiger partial charge in [0.1, 0.15) is 65.8 Å². The molecular weight excluding hydrogens is 1780 g/mol. The van der Waals surface area contributed by atoms with Crippen molar-refractivity contribution in [3.8, 4) is 0 Å². The van der Waals surface area contributed by atoms with Crippen LogP contribution in [0.3, 0.4) is 0 Å². The summed E-state index contributed by atoms with van der Waals surface area (Å²) in [4.78, 5) is 45.6. The van der Waals surface area contributed by atoms with Crippen LogP contribution in [0.2, 0.25) is 67.1 Å². The quantitative estimate of drug-likeness (QED) is 0.0485. The predicted molar refractivity (Wildman–Crippen MR) is 397 cm³/mol. The van der Waals surface area contributed by atoms with Crippen molar-refractivity contribution in [2.75, 3.05) is 59.1 Å². The Morgan fingerprint density at radius 3 is 1.34 bits per heavy atom. The van der Waals surface area contributed by atoms with Gasteiger partial charge in [-0.2, -0.15) is 19.9 Å². The van der Waals surface area contributed by atoms with Crippen LogP contribution in [0.15, 0.2) is 115 Å². The zero-order valence-corrected chi connectivity index (χ0v) is 65.6. The highest BCUT2D eigenvalue weighted by atomic mass is 79.9. The molecule has 0 amide bonds. The van der Waals surface area contributed by atoms with E-state index in [2.05, 4.69) is 151 Å². The van der Waals surface area contributed by atoms with Gasteiger partial charge in [0.2, 0.25) is 26.4 Å². The Hall–Kier alpha value is -3.83. The van der Waals surface area contributed by atoms with Gasteiger partial charge in [0.25, 0.3) is 0 Å². The smallest absolute Gasteiger partial charge is 0.226 e. The standard InChI is InChI=1S/C15H14BrCl2FN4.C15H15Cl2FN4.C14H10BrCl3FN3.C11H5BrCl3FN2.C4BrCl3N2/c1-8(2)7-23(11-5-4-9(19)6-10(11)17)14-12(16)13(20-3)21-15(18)22-14;1-15(2)7-22(10-5-4-8(18)6-9(10)16)13-11(15)12(19-3)20-14(17)21-13;1-7(2)6-22(10-4-3-8(19)5-9(10)16)13-11(15)12(17)20-14(18)21-13;12-9-8(17-11(15)18-10(9)14)3-5-1-2-6(16)4-7(5)13;5-1-2(6)9-4(8)10-3(1)7/h4-6H,1,7H2,2-3H3,(H,20,21,22);4-6H,7H2,1-3H3,(H,19,20,21);3-5H,1,6H2,2H3;1-2,4H,3H2;. The van der Waals surface area contributed by atoms with Gasteiger partial charge in [0, 0.05) is 56.2 Å². The summed E-state index contributed by atoms with van der Waals surface area (Å²) in [5.41, 5.74) is 5.66. The third-order valence-electron chi connectivity index (χ3n) is 12.3. The third-order valence-corrected chi connectivity index (χ3v) is 19.5. The van der Waals surface area contributed by atoms with Crippen LogP contribution < -0.4 is 25.3 Å². The van der Waals surface area contributed by atoms with Crippen LogP contribution in [0.25, 0.3) is 0 Å². The van der Waals surface area contributed by atoms with Crippen LogP contribution in [-0.2, 0) is 11.8 Å². The zero-order valence-electron chi connectivity index (χ0n) is 49.4. The van der Waals surface area contributed by atoms with Gasteiger partial charge in [-0.3, -0.25) is 0 Å². The van der Waals surface area contributed by atoms with Crippen molar-refractivity contribution in [3.05, 3.63) is 222 Å². The average Bonchev–Trinajstić information content (AvgIpc) is 1.61. The Morgan fingerprint density at radius 2 is 0.874 bits per heavy atom. The SMILES string of the molecule is C=C(C)CN(c1ccc(F)cc1Cl)c1nc(Cl)nc(Cl)c1Br.C=C(C)CN(c1ccc(F)cc1Cl)c1nc(Cl)nc(NC)c1Br.CNc1nc(Cl)nc2c1C(C)(C)CN2c1ccc(F)cc1Cl.Clc1nc(Cl)c(Br)c(Cl)n1.Fc1ccc(Cc2nc(Cl)nc(Cl)c2Br)c(Cl)c1. The monoisotopic (exact) mass is 1810 g/mol. The molecule has 4 aromatic carbocycles. The summed E-state index contributed by atoms with van der Waals surface area (Å²) in [6, 6.07) is 16.8. The van der Waals surface area contributed by atoms with Gasteiger partial charge in [0.05, 0.1) is 51.2 Å². The number of hydrogen-bond donors (Lipinski definition) is 2. The Labute approximate surface area is 642 Å². The van der Waals surface area contributed by atoms with Crippen LogP contribution in [0.4, 0.5) is 63.7 Å². The molecule has 15 nitrogen and oxygen atoms in total. The number of nitrogens with one attached hydrogen (secondary N) is 2. The molecule has 2 N–H and O–H groups in total. The topological polar surface area (TPSA) is 163 Å². The van der Waals surface area contributed by atoms with E-state index in [0.717, 1.165) is 22.3 Å². The van der Waals surface area contributed by atoms with Crippen molar-refractivity contribution in [1.82, 2.24) is 49.8 Å². The molecule has 0 unspecified atom stereocenters. The number of benzene rings is 4. The molecule has 36 heteroatoms. The Bertz CT molecular complexity index is 4330. The maximum absolute atomic E-state index is 13.4. The summed E-state index contributed by atoms with van der Waals surface area (Å²) >= 11 is 89.7. The Balaban J connectivity index is 0.000000192. The number of rotatable bonds is 13. The molecule has 0 spiro atoms. The first-order valence-electron chi connectivity index (χ1n) is 26.4. The third kappa shape index (κ3) is 21.8. The minimum Gasteiger partial charge on any atom is -0.373 e. The van der Waals surface area contributed by atoms with Crippen LogP contribution in [0.5, 0.6) is 0 Å². The molecule has 0 fully saturated rings. The fourth-order valence-electron chi connectivity index (χ4n) is 8.44. The first-order chi connectivity index (χ1) is 44.5. The summed E-state index contributed by atoms with van der Waals surface area (Å²) in [6.07, 6.45) is 0.377. The Morgan fingerprint density at radius 1 is 0.484 bits per heavy atom. The molecule has 1 aliphatic rings. The maximum atomic E-state index is 13.4. The van der Waals surface area contributed by atoms with Gasteiger partial charge in [-0.25, -0.2) is 47.5 Å². The zero-order chi connectivity index (χ0) is 70.7. The van der Waals surface area contributed by atoms with Gasteiger partial charge in [0.15, 0.2) is 11.6 Å². The summed E-state index contributed by atoms with van der Waals surface area (Å²) in [5, 5.41) is 8.30. The van der Waals surface area contributed by atoms with Crippen molar-refractivity contribution in [1.29, 1.82) is 0 Å². The fourth-order valence-corrected chi connectivity index (χ4v) is 12.7. The number of hydrogen-bond acceptors (Lipinski definition) is 15. The normalized spacial score (nSPS) is 11.8. The van der Waals surface area contributed by atoms with Crippen LogP contribution in [0, 0.1) is 23.3 Å².